The number of hydrogen-bond acceptors (Lipinski definition) is 5. The number of carbonyl (C=O) groups is 2. The molecule has 1 aromatic rings. The van der Waals surface area contributed by atoms with E-state index in [-0.39, 0.29) is 13.2 Å². The molecule has 1 amide bonds. The highest BCUT2D eigenvalue weighted by Gasteiger charge is 2.36. The molecule has 0 spiro atoms. The number of amides is 1. The summed E-state index contributed by atoms with van der Waals surface area (Å²) in [5.74, 6) is -2.16. The molecule has 0 aromatic carbocycles. The Hall–Kier alpha value is -1.93. The fraction of sp³-hybridized carbons (Fsp3) is 0.545. The highest BCUT2D eigenvalue weighted by molar-refractivity contribution is 5.84. The first-order valence-electron chi connectivity index (χ1n) is 5.84. The second kappa shape index (κ2) is 5.37. The van der Waals surface area contributed by atoms with Crippen molar-refractivity contribution < 1.29 is 19.4 Å². The fourth-order valence-corrected chi connectivity index (χ4v) is 1.96. The number of aromatic nitrogens is 2. The number of hydrogen-bond donors (Lipinski definition) is 3. The first-order chi connectivity index (χ1) is 8.99. The van der Waals surface area contributed by atoms with Crippen molar-refractivity contribution in [1.82, 2.24) is 15.1 Å². The van der Waals surface area contributed by atoms with Crippen molar-refractivity contribution in [3.8, 4) is 0 Å². The van der Waals surface area contributed by atoms with Crippen LogP contribution in [-0.2, 0) is 21.4 Å². The van der Waals surface area contributed by atoms with Gasteiger partial charge < -0.3 is 20.9 Å². The van der Waals surface area contributed by atoms with Crippen LogP contribution in [0, 0.1) is 5.92 Å². The monoisotopic (exact) mass is 268 g/mol. The molecule has 2 rings (SSSR count). The van der Waals surface area contributed by atoms with Gasteiger partial charge in [0.2, 0.25) is 5.91 Å². The zero-order chi connectivity index (χ0) is 14.0. The highest BCUT2D eigenvalue weighted by atomic mass is 16.5. The summed E-state index contributed by atoms with van der Waals surface area (Å²) in [6.45, 7) is 0.283. The van der Waals surface area contributed by atoms with Gasteiger partial charge in [-0.2, -0.15) is 5.10 Å². The molecule has 4 N–H and O–H groups in total. The number of carbonyl (C=O) groups excluding carboxylic acids is 1. The molecule has 104 valence electrons. The fourth-order valence-electron chi connectivity index (χ4n) is 1.96. The third-order valence-corrected chi connectivity index (χ3v) is 3.09. The molecule has 8 nitrogen and oxygen atoms in total. The van der Waals surface area contributed by atoms with Gasteiger partial charge in [-0.05, 0) is 0 Å². The molecule has 0 radical (unpaired) electrons. The van der Waals surface area contributed by atoms with Gasteiger partial charge >= 0.3 is 5.97 Å². The van der Waals surface area contributed by atoms with Crippen molar-refractivity contribution in [2.24, 2.45) is 18.7 Å². The summed E-state index contributed by atoms with van der Waals surface area (Å²) >= 11 is 0. The zero-order valence-corrected chi connectivity index (χ0v) is 10.4. The number of ether oxygens (including phenoxy) is 1. The van der Waals surface area contributed by atoms with Crippen molar-refractivity contribution >= 4 is 11.9 Å². The maximum absolute atomic E-state index is 12.0. The number of aliphatic carboxylic acids is 1. The van der Waals surface area contributed by atoms with E-state index in [1.165, 1.54) is 6.20 Å². The lowest BCUT2D eigenvalue weighted by atomic mass is 10.0. The van der Waals surface area contributed by atoms with Gasteiger partial charge in [0.05, 0.1) is 25.5 Å². The molecule has 0 saturated carbocycles. The Labute approximate surface area is 109 Å². The van der Waals surface area contributed by atoms with Crippen LogP contribution in [0.2, 0.25) is 0 Å². The molecule has 0 aliphatic carbocycles. The smallest absolute Gasteiger partial charge is 0.311 e. The van der Waals surface area contributed by atoms with Crippen molar-refractivity contribution in [2.45, 2.75) is 12.1 Å². The summed E-state index contributed by atoms with van der Waals surface area (Å²) in [4.78, 5) is 22.9. The highest BCUT2D eigenvalue weighted by Crippen LogP contribution is 2.16. The maximum Gasteiger partial charge on any atom is 0.311 e. The van der Waals surface area contributed by atoms with E-state index in [0.717, 1.165) is 0 Å². The number of carboxylic acids is 1. The van der Waals surface area contributed by atoms with E-state index in [9.17, 15) is 9.59 Å². The summed E-state index contributed by atoms with van der Waals surface area (Å²) < 4.78 is 6.61. The Morgan fingerprint density at radius 1 is 1.63 bits per heavy atom. The Bertz CT molecular complexity index is 487. The molecule has 0 bridgehead atoms. The number of nitrogens with two attached hydrogens (primary N) is 1. The summed E-state index contributed by atoms with van der Waals surface area (Å²) in [6.07, 6.45) is 3.15. The maximum atomic E-state index is 12.0. The van der Waals surface area contributed by atoms with Gasteiger partial charge in [-0.1, -0.05) is 0 Å². The average molecular weight is 268 g/mol. The van der Waals surface area contributed by atoms with Gasteiger partial charge in [0, 0.05) is 18.8 Å². The normalized spacial score (nSPS) is 24.1. The van der Waals surface area contributed by atoms with E-state index < -0.39 is 29.9 Å². The number of rotatable bonds is 4. The Balaban J connectivity index is 1.99. The Kier molecular flexibility index (Phi) is 3.82. The van der Waals surface area contributed by atoms with E-state index >= 15 is 0 Å². The first-order valence-corrected chi connectivity index (χ1v) is 5.84. The third kappa shape index (κ3) is 2.91. The summed E-state index contributed by atoms with van der Waals surface area (Å²) in [7, 11) is 1.72. The standard InChI is InChI=1S/C11H16N4O4/c1-15-3-6(2-13-15)9(12)10(16)14-8-5-19-4-7(8)11(17)18/h2-3,7-9H,4-5,12H2,1H3,(H,14,16)(H,17,18). The van der Waals surface area contributed by atoms with Crippen LogP contribution in [-0.4, -0.2) is 46.0 Å². The van der Waals surface area contributed by atoms with Gasteiger partial charge in [0.25, 0.3) is 0 Å². The lowest BCUT2D eigenvalue weighted by Crippen LogP contribution is -2.46. The molecular formula is C11H16N4O4. The van der Waals surface area contributed by atoms with Crippen LogP contribution in [0.5, 0.6) is 0 Å². The Morgan fingerprint density at radius 2 is 2.37 bits per heavy atom. The molecule has 2 heterocycles. The second-order valence-electron chi connectivity index (χ2n) is 4.52. The number of carboxylic acid groups (broad SMARTS) is 1. The van der Waals surface area contributed by atoms with Crippen LogP contribution in [0.3, 0.4) is 0 Å². The lowest BCUT2D eigenvalue weighted by molar-refractivity contribution is -0.142. The zero-order valence-electron chi connectivity index (χ0n) is 10.4. The number of aryl methyl sites for hydroxylation is 1. The van der Waals surface area contributed by atoms with Crippen LogP contribution < -0.4 is 11.1 Å². The molecule has 3 atom stereocenters. The first kappa shape index (κ1) is 13.5. The van der Waals surface area contributed by atoms with Crippen LogP contribution >= 0.6 is 0 Å². The van der Waals surface area contributed by atoms with E-state index in [1.54, 1.807) is 17.9 Å². The van der Waals surface area contributed by atoms with Crippen molar-refractivity contribution in [2.75, 3.05) is 13.2 Å². The molecule has 1 fully saturated rings. The van der Waals surface area contributed by atoms with Crippen molar-refractivity contribution in [3.05, 3.63) is 18.0 Å². The van der Waals surface area contributed by atoms with Crippen molar-refractivity contribution in [1.29, 1.82) is 0 Å². The van der Waals surface area contributed by atoms with Gasteiger partial charge in [0.1, 0.15) is 12.0 Å². The predicted molar refractivity (Wildman–Crippen MR) is 64.0 cm³/mol. The summed E-state index contributed by atoms with van der Waals surface area (Å²) in [5.41, 5.74) is 6.37. The lowest BCUT2D eigenvalue weighted by Gasteiger charge is -2.18. The van der Waals surface area contributed by atoms with E-state index in [2.05, 4.69) is 10.4 Å². The molecule has 1 aliphatic rings. The Morgan fingerprint density at radius 3 is 2.95 bits per heavy atom. The third-order valence-electron chi connectivity index (χ3n) is 3.09. The van der Waals surface area contributed by atoms with Gasteiger partial charge in [-0.3, -0.25) is 14.3 Å². The molecule has 3 unspecified atom stereocenters. The van der Waals surface area contributed by atoms with Crippen molar-refractivity contribution in [3.63, 3.8) is 0 Å². The van der Waals surface area contributed by atoms with Crippen LogP contribution in [0.4, 0.5) is 0 Å². The summed E-state index contributed by atoms with van der Waals surface area (Å²) in [6, 6.07) is -1.42. The largest absolute Gasteiger partial charge is 0.481 e. The van der Waals surface area contributed by atoms with Crippen LogP contribution in [0.15, 0.2) is 12.4 Å². The van der Waals surface area contributed by atoms with E-state index in [4.69, 9.17) is 15.6 Å². The molecule has 1 aromatic heterocycles. The average Bonchev–Trinajstić information content (AvgIpc) is 2.97. The van der Waals surface area contributed by atoms with Gasteiger partial charge in [-0.15, -0.1) is 0 Å². The van der Waals surface area contributed by atoms with Gasteiger partial charge in [0.15, 0.2) is 0 Å². The summed E-state index contributed by atoms with van der Waals surface area (Å²) in [5, 5.41) is 15.5. The van der Waals surface area contributed by atoms with E-state index in [1.807, 2.05) is 0 Å². The minimum atomic E-state index is -0.988. The number of nitrogens with one attached hydrogen (secondary N) is 1. The van der Waals surface area contributed by atoms with Gasteiger partial charge in [-0.25, -0.2) is 0 Å². The number of nitrogens with zero attached hydrogens (tertiary/aromatic N) is 2. The predicted octanol–water partition coefficient (Wildman–Crippen LogP) is -1.36. The molecule has 1 saturated heterocycles. The minimum Gasteiger partial charge on any atom is -0.481 e. The molecule has 19 heavy (non-hydrogen) atoms. The van der Waals surface area contributed by atoms with Crippen LogP contribution in [0.1, 0.15) is 11.6 Å². The molecule has 1 aliphatic heterocycles. The van der Waals surface area contributed by atoms with E-state index in [0.29, 0.717) is 5.56 Å². The quantitative estimate of drug-likeness (QED) is 0.620. The molecular weight excluding hydrogens is 252 g/mol. The SMILES string of the molecule is Cn1cc(C(N)C(=O)NC2COCC2C(=O)O)cn1. The second-order valence-corrected chi connectivity index (χ2v) is 4.52. The molecule has 8 heteroatoms. The van der Waals surface area contributed by atoms with Crippen LogP contribution in [0.25, 0.3) is 0 Å². The topological polar surface area (TPSA) is 119 Å². The minimum absolute atomic E-state index is 0.0996.